The highest BCUT2D eigenvalue weighted by Gasteiger charge is 2.24. The lowest BCUT2D eigenvalue weighted by Crippen LogP contribution is -2.32. The van der Waals surface area contributed by atoms with Crippen molar-refractivity contribution >= 4 is 11.6 Å². The zero-order valence-electron chi connectivity index (χ0n) is 16.3. The number of ether oxygens (including phenoxy) is 2. The second-order valence-corrected chi connectivity index (χ2v) is 7.05. The maximum atomic E-state index is 12.4. The van der Waals surface area contributed by atoms with E-state index in [1.54, 1.807) is 20.3 Å². The van der Waals surface area contributed by atoms with Crippen LogP contribution in [-0.2, 0) is 11.2 Å². The Bertz CT molecular complexity index is 791. The van der Waals surface area contributed by atoms with Crippen LogP contribution in [0.2, 0.25) is 0 Å². The summed E-state index contributed by atoms with van der Waals surface area (Å²) in [6.07, 6.45) is 1.40. The average molecular weight is 368 g/mol. The zero-order valence-corrected chi connectivity index (χ0v) is 16.3. The summed E-state index contributed by atoms with van der Waals surface area (Å²) < 4.78 is 10.6. The van der Waals surface area contributed by atoms with Gasteiger partial charge >= 0.3 is 0 Å². The van der Waals surface area contributed by atoms with Gasteiger partial charge in [-0.2, -0.15) is 0 Å². The monoisotopic (exact) mass is 368 g/mol. The fraction of sp³-hybridized carbons (Fsp3) is 0.409. The summed E-state index contributed by atoms with van der Waals surface area (Å²) in [5, 5.41) is 3.09. The molecule has 0 aromatic heterocycles. The van der Waals surface area contributed by atoms with Crippen LogP contribution in [0.25, 0.3) is 0 Å². The molecule has 3 rings (SSSR count). The van der Waals surface area contributed by atoms with Gasteiger partial charge in [0.2, 0.25) is 5.91 Å². The fourth-order valence-electron chi connectivity index (χ4n) is 3.63. The lowest BCUT2D eigenvalue weighted by molar-refractivity contribution is -0.120. The Morgan fingerprint density at radius 1 is 1.19 bits per heavy atom. The lowest BCUT2D eigenvalue weighted by Gasteiger charge is -2.21. The van der Waals surface area contributed by atoms with Gasteiger partial charge in [0.05, 0.1) is 20.6 Å². The third-order valence-electron chi connectivity index (χ3n) is 5.18. The van der Waals surface area contributed by atoms with E-state index in [1.165, 1.54) is 11.3 Å². The maximum Gasteiger partial charge on any atom is 0.224 e. The Labute approximate surface area is 161 Å². The van der Waals surface area contributed by atoms with Crippen molar-refractivity contribution < 1.29 is 14.3 Å². The van der Waals surface area contributed by atoms with E-state index in [1.807, 2.05) is 12.1 Å². The number of hydrogen-bond acceptors (Lipinski definition) is 4. The minimum absolute atomic E-state index is 0.0211. The number of anilines is 1. The number of carbonyl (C=O) groups excluding carboxylic acids is 1. The molecule has 0 bridgehead atoms. The molecule has 1 amide bonds. The van der Waals surface area contributed by atoms with Crippen LogP contribution in [0.5, 0.6) is 11.5 Å². The summed E-state index contributed by atoms with van der Waals surface area (Å²) >= 11 is 0. The highest BCUT2D eigenvalue weighted by Crippen LogP contribution is 2.27. The van der Waals surface area contributed by atoms with Crippen LogP contribution in [-0.4, -0.2) is 39.8 Å². The smallest absolute Gasteiger partial charge is 0.224 e. The maximum absolute atomic E-state index is 12.4. The van der Waals surface area contributed by atoms with E-state index in [9.17, 15) is 4.79 Å². The Balaban J connectivity index is 1.51. The molecule has 1 aliphatic heterocycles. The van der Waals surface area contributed by atoms with Crippen molar-refractivity contribution in [2.45, 2.75) is 19.8 Å². The van der Waals surface area contributed by atoms with Crippen molar-refractivity contribution in [1.29, 1.82) is 0 Å². The van der Waals surface area contributed by atoms with Crippen molar-refractivity contribution in [2.24, 2.45) is 5.92 Å². The number of rotatable bonds is 7. The zero-order chi connectivity index (χ0) is 19.2. The van der Waals surface area contributed by atoms with E-state index in [2.05, 4.69) is 41.4 Å². The highest BCUT2D eigenvalue weighted by molar-refractivity contribution is 5.79. The van der Waals surface area contributed by atoms with Crippen LogP contribution in [0.4, 0.5) is 5.69 Å². The molecule has 1 heterocycles. The number of para-hydroxylation sites is 1. The van der Waals surface area contributed by atoms with Gasteiger partial charge in [0, 0.05) is 37.0 Å². The molecule has 0 spiro atoms. The van der Waals surface area contributed by atoms with E-state index < -0.39 is 0 Å². The lowest BCUT2D eigenvalue weighted by atomic mass is 10.1. The van der Waals surface area contributed by atoms with Crippen molar-refractivity contribution in [1.82, 2.24) is 5.32 Å². The van der Waals surface area contributed by atoms with Crippen LogP contribution in [0.1, 0.15) is 17.5 Å². The summed E-state index contributed by atoms with van der Waals surface area (Å²) in [5.74, 6) is 1.90. The Hall–Kier alpha value is -2.69. The van der Waals surface area contributed by atoms with Gasteiger partial charge in [-0.25, -0.2) is 0 Å². The third kappa shape index (κ3) is 4.73. The molecule has 0 aliphatic carbocycles. The van der Waals surface area contributed by atoms with Gasteiger partial charge in [-0.15, -0.1) is 0 Å². The molecule has 2 aromatic rings. The van der Waals surface area contributed by atoms with Gasteiger partial charge in [-0.3, -0.25) is 4.79 Å². The largest absolute Gasteiger partial charge is 0.497 e. The van der Waals surface area contributed by atoms with Crippen molar-refractivity contribution in [3.05, 3.63) is 53.6 Å². The Kier molecular flexibility index (Phi) is 6.22. The molecule has 1 aliphatic rings. The minimum Gasteiger partial charge on any atom is -0.497 e. The van der Waals surface area contributed by atoms with E-state index >= 15 is 0 Å². The molecule has 0 radical (unpaired) electrons. The normalized spacial score (nSPS) is 16.3. The number of nitrogens with zero attached hydrogens (tertiary/aromatic N) is 1. The summed E-state index contributed by atoms with van der Waals surface area (Å²) in [7, 11) is 3.22. The molecule has 0 saturated carbocycles. The minimum atomic E-state index is 0.0211. The van der Waals surface area contributed by atoms with Gasteiger partial charge in [0.1, 0.15) is 11.5 Å². The van der Waals surface area contributed by atoms with E-state index in [0.717, 1.165) is 30.8 Å². The topological polar surface area (TPSA) is 50.8 Å². The second-order valence-electron chi connectivity index (χ2n) is 7.05. The van der Waals surface area contributed by atoms with E-state index in [-0.39, 0.29) is 5.91 Å². The number of carbonyl (C=O) groups is 1. The van der Waals surface area contributed by atoms with Crippen LogP contribution in [0.15, 0.2) is 42.5 Å². The van der Waals surface area contributed by atoms with Gasteiger partial charge in [0.25, 0.3) is 0 Å². The quantitative estimate of drug-likeness (QED) is 0.815. The van der Waals surface area contributed by atoms with Crippen LogP contribution in [0, 0.1) is 12.8 Å². The fourth-order valence-corrected chi connectivity index (χ4v) is 3.63. The molecule has 1 fully saturated rings. The molecule has 1 atom stereocenters. The molecule has 0 unspecified atom stereocenters. The summed E-state index contributed by atoms with van der Waals surface area (Å²) in [5.41, 5.74) is 3.46. The molecule has 27 heavy (non-hydrogen) atoms. The predicted octanol–water partition coefficient (Wildman–Crippen LogP) is 3.20. The molecule has 5 heteroatoms. The molecular weight excluding hydrogens is 340 g/mol. The van der Waals surface area contributed by atoms with Crippen LogP contribution >= 0.6 is 0 Å². The SMILES string of the molecule is COc1ccc(CC(=O)NC[C@@H]2CCN(c3ccccc3C)C2)c(OC)c1. The van der Waals surface area contributed by atoms with E-state index in [0.29, 0.717) is 24.6 Å². The van der Waals surface area contributed by atoms with Gasteiger partial charge in [0.15, 0.2) is 0 Å². The summed E-state index contributed by atoms with van der Waals surface area (Å²) in [6, 6.07) is 14.0. The molecule has 144 valence electrons. The number of amides is 1. The summed E-state index contributed by atoms with van der Waals surface area (Å²) in [4.78, 5) is 14.8. The number of aryl methyl sites for hydroxylation is 1. The Morgan fingerprint density at radius 3 is 2.74 bits per heavy atom. The molecular formula is C22H28N2O3. The Morgan fingerprint density at radius 2 is 2.00 bits per heavy atom. The number of methoxy groups -OCH3 is 2. The average Bonchev–Trinajstić information content (AvgIpc) is 3.16. The second kappa shape index (κ2) is 8.80. The van der Waals surface area contributed by atoms with E-state index in [4.69, 9.17) is 9.47 Å². The molecule has 2 aromatic carbocycles. The van der Waals surface area contributed by atoms with Crippen molar-refractivity contribution in [3.8, 4) is 11.5 Å². The first kappa shape index (κ1) is 19.1. The number of benzene rings is 2. The highest BCUT2D eigenvalue weighted by atomic mass is 16.5. The molecule has 5 nitrogen and oxygen atoms in total. The van der Waals surface area contributed by atoms with Gasteiger partial charge < -0.3 is 19.7 Å². The van der Waals surface area contributed by atoms with Gasteiger partial charge in [-0.1, -0.05) is 24.3 Å². The van der Waals surface area contributed by atoms with Crippen molar-refractivity contribution in [3.63, 3.8) is 0 Å². The number of nitrogens with one attached hydrogen (secondary N) is 1. The van der Waals surface area contributed by atoms with Crippen LogP contribution < -0.4 is 19.7 Å². The first-order valence-electron chi connectivity index (χ1n) is 9.39. The molecule has 1 saturated heterocycles. The standard InChI is InChI=1S/C22H28N2O3/c1-16-6-4-5-7-20(16)24-11-10-17(15-24)14-23-22(25)12-18-8-9-19(26-2)13-21(18)27-3/h4-9,13,17H,10-12,14-15H2,1-3H3,(H,23,25)/t17-/m0/s1. The first-order chi connectivity index (χ1) is 13.1. The third-order valence-corrected chi connectivity index (χ3v) is 5.18. The summed E-state index contributed by atoms with van der Waals surface area (Å²) in [6.45, 7) is 4.88. The van der Waals surface area contributed by atoms with Gasteiger partial charge in [-0.05, 0) is 37.0 Å². The first-order valence-corrected chi connectivity index (χ1v) is 9.39. The molecule has 1 N–H and O–H groups in total. The number of hydrogen-bond donors (Lipinski definition) is 1. The van der Waals surface area contributed by atoms with Crippen LogP contribution in [0.3, 0.4) is 0 Å². The van der Waals surface area contributed by atoms with Crippen molar-refractivity contribution in [2.75, 3.05) is 38.8 Å². The predicted molar refractivity (Wildman–Crippen MR) is 108 cm³/mol.